The molecular formula is C17H23N5O2. The molecule has 1 aliphatic rings. The zero-order chi connectivity index (χ0) is 17.1. The number of nitrogens with zero attached hydrogens (tertiary/aromatic N) is 4. The summed E-state index contributed by atoms with van der Waals surface area (Å²) in [5.74, 6) is 0.743. The molecule has 0 bridgehead atoms. The second-order valence-corrected chi connectivity index (χ2v) is 6.18. The van der Waals surface area contributed by atoms with Crippen molar-refractivity contribution in [3.8, 4) is 0 Å². The molecule has 3 heterocycles. The normalized spacial score (nSPS) is 17.5. The van der Waals surface area contributed by atoms with Crippen LogP contribution < -0.4 is 5.32 Å². The maximum absolute atomic E-state index is 12.1. The molecule has 1 amide bonds. The third-order valence-electron chi connectivity index (χ3n) is 4.06. The minimum absolute atomic E-state index is 0.102. The van der Waals surface area contributed by atoms with E-state index in [1.807, 2.05) is 26.0 Å². The molecule has 1 N–H and O–H groups in total. The first-order valence-corrected chi connectivity index (χ1v) is 8.27. The lowest BCUT2D eigenvalue weighted by atomic mass is 10.2. The van der Waals surface area contributed by atoms with E-state index in [9.17, 15) is 4.79 Å². The molecule has 0 unspecified atom stereocenters. The van der Waals surface area contributed by atoms with Crippen LogP contribution in [0.4, 0.5) is 10.6 Å². The standard InChI is InChI=1S/C17H23N5O2/c1-4-13-10-19-16-8-7-15(20-22(13)16)18-11-14-6-5-9-21(14)17(23)24-12(2)3/h4,7-8,10,12,14H,1,5-6,9,11H2,2-3H3,(H,18,20)/t14-/m0/s1. The van der Waals surface area contributed by atoms with Crippen molar-refractivity contribution in [2.24, 2.45) is 0 Å². The van der Waals surface area contributed by atoms with Gasteiger partial charge in [-0.2, -0.15) is 0 Å². The number of likely N-dealkylation sites (tertiary alicyclic amines) is 1. The number of aromatic nitrogens is 3. The van der Waals surface area contributed by atoms with Gasteiger partial charge in [-0.05, 0) is 44.9 Å². The fourth-order valence-corrected chi connectivity index (χ4v) is 2.90. The smallest absolute Gasteiger partial charge is 0.410 e. The summed E-state index contributed by atoms with van der Waals surface area (Å²) in [5, 5.41) is 7.84. The van der Waals surface area contributed by atoms with Gasteiger partial charge in [-0.25, -0.2) is 14.3 Å². The number of rotatable bonds is 5. The summed E-state index contributed by atoms with van der Waals surface area (Å²) in [5.41, 5.74) is 1.62. The van der Waals surface area contributed by atoms with Crippen LogP contribution in [0.25, 0.3) is 11.7 Å². The molecule has 0 spiro atoms. The van der Waals surface area contributed by atoms with Crippen molar-refractivity contribution < 1.29 is 9.53 Å². The van der Waals surface area contributed by atoms with Gasteiger partial charge < -0.3 is 15.0 Å². The minimum Gasteiger partial charge on any atom is -0.447 e. The third kappa shape index (κ3) is 3.34. The highest BCUT2D eigenvalue weighted by Gasteiger charge is 2.30. The molecule has 128 valence electrons. The van der Waals surface area contributed by atoms with Crippen molar-refractivity contribution in [3.63, 3.8) is 0 Å². The summed E-state index contributed by atoms with van der Waals surface area (Å²) in [6, 6.07) is 3.92. The Balaban J connectivity index is 1.66. The summed E-state index contributed by atoms with van der Waals surface area (Å²) >= 11 is 0. The van der Waals surface area contributed by atoms with Gasteiger partial charge in [-0.3, -0.25) is 0 Å². The Labute approximate surface area is 141 Å². The van der Waals surface area contributed by atoms with Crippen LogP contribution in [0.5, 0.6) is 0 Å². The predicted octanol–water partition coefficient (Wildman–Crippen LogP) is 2.79. The van der Waals surface area contributed by atoms with Crippen LogP contribution in [-0.2, 0) is 4.74 Å². The van der Waals surface area contributed by atoms with E-state index in [-0.39, 0.29) is 18.2 Å². The highest BCUT2D eigenvalue weighted by Crippen LogP contribution is 2.19. The molecule has 0 radical (unpaired) electrons. The fourth-order valence-electron chi connectivity index (χ4n) is 2.90. The van der Waals surface area contributed by atoms with E-state index < -0.39 is 0 Å². The molecule has 3 rings (SSSR count). The van der Waals surface area contributed by atoms with Gasteiger partial charge in [-0.1, -0.05) is 6.58 Å². The quantitative estimate of drug-likeness (QED) is 0.913. The Bertz CT molecular complexity index is 740. The molecule has 0 saturated carbocycles. The molecule has 2 aromatic heterocycles. The van der Waals surface area contributed by atoms with Crippen LogP contribution in [-0.4, -0.2) is 50.8 Å². The molecule has 1 atom stereocenters. The van der Waals surface area contributed by atoms with E-state index in [0.29, 0.717) is 6.54 Å². The van der Waals surface area contributed by atoms with E-state index in [2.05, 4.69) is 22.0 Å². The zero-order valence-electron chi connectivity index (χ0n) is 14.1. The van der Waals surface area contributed by atoms with Crippen molar-refractivity contribution in [3.05, 3.63) is 30.6 Å². The summed E-state index contributed by atoms with van der Waals surface area (Å²) in [6.07, 6.45) is 5.08. The van der Waals surface area contributed by atoms with Crippen LogP contribution in [0.1, 0.15) is 32.4 Å². The van der Waals surface area contributed by atoms with Gasteiger partial charge in [-0.15, -0.1) is 5.10 Å². The molecule has 1 fully saturated rings. The van der Waals surface area contributed by atoms with Crippen LogP contribution in [0.15, 0.2) is 24.9 Å². The fraction of sp³-hybridized carbons (Fsp3) is 0.471. The average molecular weight is 329 g/mol. The number of anilines is 1. The van der Waals surface area contributed by atoms with Gasteiger partial charge in [0.2, 0.25) is 0 Å². The Hall–Kier alpha value is -2.57. The molecule has 0 aliphatic carbocycles. The molecule has 24 heavy (non-hydrogen) atoms. The molecular weight excluding hydrogens is 306 g/mol. The Morgan fingerprint density at radius 2 is 2.38 bits per heavy atom. The molecule has 7 nitrogen and oxygen atoms in total. The van der Waals surface area contributed by atoms with E-state index in [0.717, 1.165) is 36.5 Å². The second kappa shape index (κ2) is 6.90. The van der Waals surface area contributed by atoms with Crippen molar-refractivity contribution >= 4 is 23.6 Å². The number of ether oxygens (including phenoxy) is 1. The Kier molecular flexibility index (Phi) is 4.69. The molecule has 0 aromatic carbocycles. The van der Waals surface area contributed by atoms with E-state index in [4.69, 9.17) is 4.74 Å². The lowest BCUT2D eigenvalue weighted by molar-refractivity contribution is 0.0746. The van der Waals surface area contributed by atoms with Crippen LogP contribution in [0.3, 0.4) is 0 Å². The predicted molar refractivity (Wildman–Crippen MR) is 92.9 cm³/mol. The van der Waals surface area contributed by atoms with Crippen LogP contribution in [0.2, 0.25) is 0 Å². The summed E-state index contributed by atoms with van der Waals surface area (Å²) in [4.78, 5) is 18.2. The lowest BCUT2D eigenvalue weighted by Gasteiger charge is -2.25. The SMILES string of the molecule is C=Cc1cnc2ccc(NC[C@@H]3CCCN3C(=O)OC(C)C)nn12. The number of hydrogen-bond acceptors (Lipinski definition) is 5. The van der Waals surface area contributed by atoms with Gasteiger partial charge in [0.1, 0.15) is 5.82 Å². The molecule has 1 aliphatic heterocycles. The summed E-state index contributed by atoms with van der Waals surface area (Å²) in [6.45, 7) is 8.88. The van der Waals surface area contributed by atoms with Crippen molar-refractivity contribution in [2.45, 2.75) is 38.8 Å². The Morgan fingerprint density at radius 3 is 3.12 bits per heavy atom. The minimum atomic E-state index is -0.235. The number of carbonyl (C=O) groups is 1. The maximum atomic E-state index is 12.1. The first-order chi connectivity index (χ1) is 11.6. The topological polar surface area (TPSA) is 71.8 Å². The highest BCUT2D eigenvalue weighted by molar-refractivity contribution is 5.68. The Morgan fingerprint density at radius 1 is 1.54 bits per heavy atom. The second-order valence-electron chi connectivity index (χ2n) is 6.18. The number of fused-ring (bicyclic) bond motifs is 1. The number of imidazole rings is 1. The van der Waals surface area contributed by atoms with Gasteiger partial charge in [0.25, 0.3) is 0 Å². The third-order valence-corrected chi connectivity index (χ3v) is 4.06. The largest absolute Gasteiger partial charge is 0.447 e. The van der Waals surface area contributed by atoms with Crippen molar-refractivity contribution in [1.82, 2.24) is 19.5 Å². The number of amides is 1. The van der Waals surface area contributed by atoms with Gasteiger partial charge in [0, 0.05) is 13.1 Å². The first-order valence-electron chi connectivity index (χ1n) is 8.27. The maximum Gasteiger partial charge on any atom is 0.410 e. The van der Waals surface area contributed by atoms with Crippen molar-refractivity contribution in [2.75, 3.05) is 18.4 Å². The van der Waals surface area contributed by atoms with E-state index >= 15 is 0 Å². The summed E-state index contributed by atoms with van der Waals surface area (Å²) in [7, 11) is 0. The number of carbonyl (C=O) groups excluding carboxylic acids is 1. The van der Waals surface area contributed by atoms with Crippen LogP contribution >= 0.6 is 0 Å². The number of hydrogen-bond donors (Lipinski definition) is 1. The zero-order valence-corrected chi connectivity index (χ0v) is 14.1. The van der Waals surface area contributed by atoms with Gasteiger partial charge in [0.05, 0.1) is 24.0 Å². The average Bonchev–Trinajstić information content (AvgIpc) is 3.18. The van der Waals surface area contributed by atoms with Gasteiger partial charge >= 0.3 is 6.09 Å². The van der Waals surface area contributed by atoms with Crippen molar-refractivity contribution in [1.29, 1.82) is 0 Å². The van der Waals surface area contributed by atoms with E-state index in [1.165, 1.54) is 0 Å². The molecule has 2 aromatic rings. The van der Waals surface area contributed by atoms with Crippen LogP contribution in [0, 0.1) is 0 Å². The highest BCUT2D eigenvalue weighted by atomic mass is 16.6. The monoisotopic (exact) mass is 329 g/mol. The molecule has 7 heteroatoms. The first kappa shape index (κ1) is 16.3. The lowest BCUT2D eigenvalue weighted by Crippen LogP contribution is -2.40. The molecule has 1 saturated heterocycles. The van der Waals surface area contributed by atoms with Gasteiger partial charge in [0.15, 0.2) is 5.65 Å². The van der Waals surface area contributed by atoms with E-state index in [1.54, 1.807) is 21.7 Å². The number of nitrogens with one attached hydrogen (secondary N) is 1. The summed E-state index contributed by atoms with van der Waals surface area (Å²) < 4.78 is 7.06.